The fourth-order valence-corrected chi connectivity index (χ4v) is 2.66. The number of hydrogen-bond acceptors (Lipinski definition) is 7. The molecule has 0 radical (unpaired) electrons. The summed E-state index contributed by atoms with van der Waals surface area (Å²) in [7, 11) is 0. The summed E-state index contributed by atoms with van der Waals surface area (Å²) in [5.74, 6) is -1.86. The van der Waals surface area contributed by atoms with Crippen LogP contribution >= 0.6 is 12.6 Å². The van der Waals surface area contributed by atoms with E-state index >= 15 is 0 Å². The van der Waals surface area contributed by atoms with Crippen LogP contribution in [0.3, 0.4) is 0 Å². The molecule has 8 nitrogen and oxygen atoms in total. The molecule has 0 heterocycles. The summed E-state index contributed by atoms with van der Waals surface area (Å²) in [5, 5.41) is 42.7. The van der Waals surface area contributed by atoms with E-state index in [1.54, 1.807) is 6.07 Å². The van der Waals surface area contributed by atoms with Crippen molar-refractivity contribution in [3.63, 3.8) is 0 Å². The molecule has 9 heteroatoms. The zero-order valence-electron chi connectivity index (χ0n) is 15.4. The summed E-state index contributed by atoms with van der Waals surface area (Å²) in [6, 6.07) is 7.66. The highest BCUT2D eigenvalue weighted by Crippen LogP contribution is 2.25. The highest BCUT2D eigenvalue weighted by molar-refractivity contribution is 7.80. The molecule has 1 atom stereocenters. The predicted molar refractivity (Wildman–Crippen MR) is 111 cm³/mol. The van der Waals surface area contributed by atoms with Crippen LogP contribution < -0.4 is 10.6 Å². The van der Waals surface area contributed by atoms with E-state index in [1.807, 2.05) is 0 Å². The molecule has 29 heavy (non-hydrogen) atoms. The molecule has 2 aromatic carbocycles. The maximum Gasteiger partial charge on any atom is 0.244 e. The number of hydrogen-bond donors (Lipinski definition) is 7. The Bertz CT molecular complexity index is 916. The number of aromatic hydroxyl groups is 4. The molecule has 0 saturated carbocycles. The van der Waals surface area contributed by atoms with Gasteiger partial charge >= 0.3 is 0 Å². The molecule has 0 saturated heterocycles. The van der Waals surface area contributed by atoms with Crippen LogP contribution in [-0.4, -0.2) is 50.6 Å². The molecular weight excluding hydrogens is 396 g/mol. The van der Waals surface area contributed by atoms with E-state index in [-0.39, 0.29) is 35.3 Å². The van der Waals surface area contributed by atoms with Crippen molar-refractivity contribution in [2.45, 2.75) is 12.5 Å². The Morgan fingerprint density at radius 1 is 0.966 bits per heavy atom. The average molecular weight is 418 g/mol. The Balaban J connectivity index is 1.84. The topological polar surface area (TPSA) is 139 Å². The lowest BCUT2D eigenvalue weighted by molar-refractivity contribution is -0.126. The van der Waals surface area contributed by atoms with Gasteiger partial charge < -0.3 is 31.1 Å². The second-order valence-electron chi connectivity index (χ2n) is 6.19. The van der Waals surface area contributed by atoms with Gasteiger partial charge in [0.2, 0.25) is 11.8 Å². The third-order valence-electron chi connectivity index (χ3n) is 3.99. The maximum absolute atomic E-state index is 12.2. The van der Waals surface area contributed by atoms with Gasteiger partial charge in [-0.05, 0) is 47.9 Å². The molecule has 2 aromatic rings. The van der Waals surface area contributed by atoms with Crippen molar-refractivity contribution in [1.29, 1.82) is 0 Å². The minimum atomic E-state index is -0.850. The Kier molecular flexibility index (Phi) is 7.79. The fourth-order valence-electron chi connectivity index (χ4n) is 2.41. The van der Waals surface area contributed by atoms with Crippen molar-refractivity contribution in [3.05, 3.63) is 53.6 Å². The van der Waals surface area contributed by atoms with Crippen LogP contribution in [0.2, 0.25) is 0 Å². The normalized spacial score (nSPS) is 11.9. The molecule has 0 fully saturated rings. The maximum atomic E-state index is 12.2. The van der Waals surface area contributed by atoms with Crippen molar-refractivity contribution in [3.8, 4) is 23.0 Å². The van der Waals surface area contributed by atoms with Gasteiger partial charge in [0, 0.05) is 18.4 Å². The first-order valence-corrected chi connectivity index (χ1v) is 9.33. The molecule has 0 aromatic heterocycles. The number of carbonyl (C=O) groups is 2. The van der Waals surface area contributed by atoms with Gasteiger partial charge in [0.15, 0.2) is 23.0 Å². The largest absolute Gasteiger partial charge is 0.504 e. The zero-order chi connectivity index (χ0) is 21.4. The molecule has 6 N–H and O–H groups in total. The number of nitrogens with one attached hydrogen (secondary N) is 2. The van der Waals surface area contributed by atoms with Crippen LogP contribution in [0.15, 0.2) is 42.5 Å². The van der Waals surface area contributed by atoms with Crippen LogP contribution in [0.1, 0.15) is 11.1 Å². The molecule has 2 rings (SSSR count). The van der Waals surface area contributed by atoms with Gasteiger partial charge in [-0.25, -0.2) is 0 Å². The van der Waals surface area contributed by atoms with Crippen LogP contribution in [0.4, 0.5) is 0 Å². The molecule has 2 amide bonds. The summed E-state index contributed by atoms with van der Waals surface area (Å²) in [6.07, 6.45) is 3.06. The Hall–Kier alpha value is -3.33. The van der Waals surface area contributed by atoms with Crippen LogP contribution in [-0.2, 0) is 16.0 Å². The summed E-state index contributed by atoms with van der Waals surface area (Å²) in [4.78, 5) is 24.3. The first-order valence-electron chi connectivity index (χ1n) is 8.70. The Morgan fingerprint density at radius 2 is 1.62 bits per heavy atom. The van der Waals surface area contributed by atoms with Crippen LogP contribution in [0.25, 0.3) is 6.08 Å². The van der Waals surface area contributed by atoms with Crippen molar-refractivity contribution in [2.24, 2.45) is 0 Å². The quantitative estimate of drug-likeness (QED) is 0.196. The molecule has 0 spiro atoms. The monoisotopic (exact) mass is 418 g/mol. The molecule has 154 valence electrons. The highest BCUT2D eigenvalue weighted by Gasteiger charge is 2.17. The van der Waals surface area contributed by atoms with Gasteiger partial charge in [-0.3, -0.25) is 9.59 Å². The smallest absolute Gasteiger partial charge is 0.244 e. The number of benzene rings is 2. The number of phenolic OH excluding ortho intramolecular Hbond substituents is 4. The van der Waals surface area contributed by atoms with E-state index in [1.165, 1.54) is 42.5 Å². The van der Waals surface area contributed by atoms with Crippen molar-refractivity contribution in [1.82, 2.24) is 10.6 Å². The van der Waals surface area contributed by atoms with Crippen molar-refractivity contribution in [2.75, 3.05) is 12.3 Å². The van der Waals surface area contributed by atoms with Crippen molar-refractivity contribution < 1.29 is 30.0 Å². The second kappa shape index (κ2) is 10.3. The lowest BCUT2D eigenvalue weighted by atomic mass is 10.1. The molecule has 0 aliphatic carbocycles. The van der Waals surface area contributed by atoms with E-state index in [0.717, 1.165) is 5.56 Å². The van der Waals surface area contributed by atoms with Gasteiger partial charge in [-0.2, -0.15) is 12.6 Å². The summed E-state index contributed by atoms with van der Waals surface area (Å²) in [6.45, 7) is 0.270. The number of thiol groups is 1. The van der Waals surface area contributed by atoms with Gasteiger partial charge in [0.25, 0.3) is 0 Å². The van der Waals surface area contributed by atoms with E-state index in [4.69, 9.17) is 0 Å². The zero-order valence-corrected chi connectivity index (χ0v) is 16.3. The first kappa shape index (κ1) is 22.0. The second-order valence-corrected chi connectivity index (χ2v) is 6.55. The summed E-state index contributed by atoms with van der Waals surface area (Å²) >= 11 is 4.09. The van der Waals surface area contributed by atoms with Gasteiger partial charge in [0.05, 0.1) is 0 Å². The molecular formula is C20H22N2O6S. The summed E-state index contributed by atoms with van der Waals surface area (Å²) < 4.78 is 0. The Labute approximate surface area is 172 Å². The van der Waals surface area contributed by atoms with E-state index in [0.29, 0.717) is 12.0 Å². The highest BCUT2D eigenvalue weighted by atomic mass is 32.1. The van der Waals surface area contributed by atoms with Gasteiger partial charge in [-0.15, -0.1) is 0 Å². The third-order valence-corrected chi connectivity index (χ3v) is 4.36. The minimum absolute atomic E-state index is 0.0887. The van der Waals surface area contributed by atoms with E-state index < -0.39 is 17.9 Å². The lowest BCUT2D eigenvalue weighted by Crippen LogP contribution is -2.47. The minimum Gasteiger partial charge on any atom is -0.504 e. The number of phenols is 4. The standard InChI is InChI=1S/C20H22N2O6S/c23-15-4-1-12(9-17(15)25)3-6-19(27)22-14(11-29)20(28)21-8-7-13-2-5-16(24)18(26)10-13/h1-6,9-10,14,23-26,29H,7-8,11H2,(H,21,28)(H,22,27)/b6-3+/t14-/m0/s1. The third kappa shape index (κ3) is 6.65. The lowest BCUT2D eigenvalue weighted by Gasteiger charge is -2.15. The van der Waals surface area contributed by atoms with E-state index in [9.17, 15) is 30.0 Å². The predicted octanol–water partition coefficient (Wildman–Crippen LogP) is 1.30. The number of amides is 2. The van der Waals surface area contributed by atoms with Gasteiger partial charge in [-0.1, -0.05) is 12.1 Å². The number of rotatable bonds is 8. The molecule has 0 unspecified atom stereocenters. The summed E-state index contributed by atoms with van der Waals surface area (Å²) in [5.41, 5.74) is 1.23. The average Bonchev–Trinajstić information content (AvgIpc) is 2.69. The van der Waals surface area contributed by atoms with Crippen LogP contribution in [0.5, 0.6) is 23.0 Å². The number of carbonyl (C=O) groups excluding carboxylic acids is 2. The SMILES string of the molecule is O=C(/C=C/c1ccc(O)c(O)c1)N[C@@H](CS)C(=O)NCCc1ccc(O)c(O)c1. The van der Waals surface area contributed by atoms with Gasteiger partial charge in [0.1, 0.15) is 6.04 Å². The Morgan fingerprint density at radius 3 is 2.24 bits per heavy atom. The molecule has 0 aliphatic heterocycles. The first-order chi connectivity index (χ1) is 13.8. The van der Waals surface area contributed by atoms with Crippen molar-refractivity contribution >= 4 is 30.5 Å². The van der Waals surface area contributed by atoms with Crippen LogP contribution in [0, 0.1) is 0 Å². The fraction of sp³-hybridized carbons (Fsp3) is 0.200. The molecule has 0 bridgehead atoms. The molecule has 0 aliphatic rings. The van der Waals surface area contributed by atoms with E-state index in [2.05, 4.69) is 23.3 Å².